The van der Waals surface area contributed by atoms with E-state index in [0.717, 1.165) is 11.1 Å². The first-order valence-electron chi connectivity index (χ1n) is 8.75. The van der Waals surface area contributed by atoms with Gasteiger partial charge in [-0.15, -0.1) is 0 Å². The van der Waals surface area contributed by atoms with Crippen molar-refractivity contribution < 1.29 is 65.4 Å². The fraction of sp³-hybridized carbons (Fsp3) is 0.154. The molecular weight excluding hydrogens is 546 g/mol. The van der Waals surface area contributed by atoms with E-state index in [9.17, 15) is 0 Å². The minimum atomic E-state index is 0. The molecule has 0 saturated carbocycles. The van der Waals surface area contributed by atoms with E-state index in [4.69, 9.17) is 0 Å². The van der Waals surface area contributed by atoms with Crippen molar-refractivity contribution >= 4 is 0 Å². The summed E-state index contributed by atoms with van der Waals surface area (Å²) in [5, 5.41) is 7.61. The van der Waals surface area contributed by atoms with Gasteiger partial charge in [0.05, 0.1) is 0 Å². The van der Waals surface area contributed by atoms with E-state index in [0.29, 0.717) is 0 Å². The number of aryl methyl sites for hydroxylation is 2. The fourth-order valence-electron chi connectivity index (χ4n) is 1.62. The molecule has 2 aromatic rings. The maximum atomic E-state index is 3.85. The first-order valence-corrected chi connectivity index (χ1v) is 8.75. The molecule has 0 atom stereocenters. The average molecular weight is 580 g/mol. The number of nitrogens with zero attached hydrogens (tertiary/aromatic N) is 4. The van der Waals surface area contributed by atoms with Crippen molar-refractivity contribution in [2.75, 3.05) is 0 Å². The van der Waals surface area contributed by atoms with Gasteiger partial charge in [-0.3, -0.25) is 9.97 Å². The van der Waals surface area contributed by atoms with Gasteiger partial charge in [-0.25, -0.2) is 0 Å². The average Bonchev–Trinajstić information content (AvgIpc) is 2.72. The van der Waals surface area contributed by atoms with Gasteiger partial charge in [0.25, 0.3) is 0 Å². The van der Waals surface area contributed by atoms with Crippen LogP contribution in [0.1, 0.15) is 26.0 Å². The van der Waals surface area contributed by atoms with Crippen LogP contribution in [0.2, 0.25) is 0 Å². The van der Waals surface area contributed by atoms with Crippen molar-refractivity contribution in [3.05, 3.63) is 144 Å². The van der Waals surface area contributed by atoms with Crippen LogP contribution in [-0.4, -0.2) is 9.97 Å². The Morgan fingerprint density at radius 1 is 0.562 bits per heavy atom. The number of aromatic nitrogens is 2. The monoisotopic (exact) mass is 580 g/mol. The van der Waals surface area contributed by atoms with Crippen molar-refractivity contribution in [1.82, 2.24) is 9.97 Å². The smallest absolute Gasteiger partial charge is 0.0270 e. The summed E-state index contributed by atoms with van der Waals surface area (Å²) in [5.74, 6) is 0. The van der Waals surface area contributed by atoms with Crippen molar-refractivity contribution in [2.24, 2.45) is 0 Å². The molecule has 166 valence electrons. The van der Waals surface area contributed by atoms with Gasteiger partial charge in [-0.1, -0.05) is 52.3 Å². The molecule has 0 saturated heterocycles. The molecule has 6 heteroatoms. The summed E-state index contributed by atoms with van der Waals surface area (Å²) < 4.78 is 0. The molecule has 4 heterocycles. The largest absolute Gasteiger partial charge is 0.670 e. The molecule has 2 aliphatic rings. The Balaban J connectivity index is -0.000000157. The molecule has 4 rings (SSSR count). The zero-order chi connectivity index (χ0) is 20.5. The number of hydrogen-bond acceptors (Lipinski definition) is 2. The van der Waals surface area contributed by atoms with E-state index in [1.165, 1.54) is 11.1 Å². The van der Waals surface area contributed by atoms with Crippen LogP contribution in [0.4, 0.5) is 0 Å². The molecule has 0 aromatic carbocycles. The Morgan fingerprint density at radius 2 is 0.812 bits per heavy atom. The number of pyridine rings is 2. The van der Waals surface area contributed by atoms with Gasteiger partial charge in [0.1, 0.15) is 0 Å². The zero-order valence-corrected chi connectivity index (χ0v) is 23.3. The van der Waals surface area contributed by atoms with Crippen LogP contribution in [0, 0.1) is 13.8 Å². The Morgan fingerprint density at radius 3 is 0.938 bits per heavy atom. The molecule has 2 radical (unpaired) electrons. The summed E-state index contributed by atoms with van der Waals surface area (Å²) in [5.41, 5.74) is 4.54. The minimum Gasteiger partial charge on any atom is -0.670 e. The minimum absolute atomic E-state index is 0. The molecule has 32 heavy (non-hydrogen) atoms. The molecule has 2 aliphatic heterocycles. The molecule has 0 spiro atoms. The molecule has 0 N–H and O–H groups in total. The van der Waals surface area contributed by atoms with Crippen LogP contribution in [0.25, 0.3) is 10.6 Å². The van der Waals surface area contributed by atoms with Gasteiger partial charge in [-0.2, -0.15) is 24.8 Å². The third-order valence-electron chi connectivity index (χ3n) is 3.19. The van der Waals surface area contributed by atoms with Gasteiger partial charge in [0, 0.05) is 90.2 Å². The van der Waals surface area contributed by atoms with Gasteiger partial charge < -0.3 is 10.6 Å². The van der Waals surface area contributed by atoms with E-state index >= 15 is 0 Å². The number of allylic oxidation sites excluding steroid dienone is 6. The van der Waals surface area contributed by atoms with E-state index in [1.54, 1.807) is 49.6 Å². The second-order valence-electron chi connectivity index (χ2n) is 5.76. The Labute approximate surface area is 246 Å². The Hall–Kier alpha value is -1.45. The predicted molar refractivity (Wildman–Crippen MR) is 133 cm³/mol. The van der Waals surface area contributed by atoms with Crippen molar-refractivity contribution in [3.8, 4) is 0 Å². The first kappa shape index (κ1) is 37.8. The maximum absolute atomic E-state index is 3.85. The summed E-state index contributed by atoms with van der Waals surface area (Å²) in [6.07, 6.45) is 21.5. The maximum Gasteiger partial charge on any atom is 0.0270 e. The molecule has 0 fully saturated rings. The van der Waals surface area contributed by atoms with Crippen molar-refractivity contribution in [2.45, 2.75) is 28.7 Å². The van der Waals surface area contributed by atoms with Gasteiger partial charge in [0.2, 0.25) is 0 Å². The van der Waals surface area contributed by atoms with Crippen molar-refractivity contribution in [1.29, 1.82) is 0 Å². The van der Waals surface area contributed by atoms with E-state index in [2.05, 4.69) is 33.8 Å². The van der Waals surface area contributed by atoms with Gasteiger partial charge >= 0.3 is 0 Å². The Bertz CT molecular complexity index is 728. The number of hydrogen-bond donors (Lipinski definition) is 0. The van der Waals surface area contributed by atoms with E-state index in [-0.39, 0.29) is 80.3 Å². The Kier molecular flexibility index (Phi) is 30.5. The topological polar surface area (TPSA) is 54.0 Å². The fourth-order valence-corrected chi connectivity index (χ4v) is 1.62. The molecule has 4 nitrogen and oxygen atoms in total. The second-order valence-corrected chi connectivity index (χ2v) is 5.76. The zero-order valence-electron chi connectivity index (χ0n) is 17.6. The van der Waals surface area contributed by atoms with Gasteiger partial charge in [0.15, 0.2) is 0 Å². The summed E-state index contributed by atoms with van der Waals surface area (Å²) in [7, 11) is 0. The predicted octanol–water partition coefficient (Wildman–Crippen LogP) is 7.96. The van der Waals surface area contributed by atoms with Gasteiger partial charge in [-0.05, 0) is 60.4 Å². The summed E-state index contributed by atoms with van der Waals surface area (Å²) in [4.78, 5) is 7.69. The second kappa shape index (κ2) is 25.8. The van der Waals surface area contributed by atoms with Crippen LogP contribution in [0.3, 0.4) is 0 Å². The summed E-state index contributed by atoms with van der Waals surface area (Å²) >= 11 is 0. The summed E-state index contributed by atoms with van der Waals surface area (Å²) in [6, 6.07) is 7.89. The normalized spacial score (nSPS) is 11.2. The molecule has 0 aliphatic carbocycles. The molecule has 0 amide bonds. The van der Waals surface area contributed by atoms with E-state index < -0.39 is 0 Å². The van der Waals surface area contributed by atoms with Crippen molar-refractivity contribution in [3.63, 3.8) is 0 Å². The van der Waals surface area contributed by atoms with Crippen LogP contribution < -0.4 is 0 Å². The molecule has 0 unspecified atom stereocenters. The molecule has 2 aromatic heterocycles. The third-order valence-corrected chi connectivity index (χ3v) is 3.19. The van der Waals surface area contributed by atoms with Crippen LogP contribution >= 0.6 is 0 Å². The van der Waals surface area contributed by atoms with Crippen LogP contribution in [-0.2, 0) is 65.4 Å². The number of rotatable bonds is 0. The quantitative estimate of drug-likeness (QED) is 0.318. The van der Waals surface area contributed by atoms with Crippen LogP contribution in [0.5, 0.6) is 0 Å². The first-order chi connectivity index (χ1) is 13.6. The molecular formula is C26H34N4Y2-2. The SMILES string of the molecule is C.C.C=C1C=C[N-]C=C1.C=C1C=C[N-]C=C1.Cc1ccncc1.Cc1ccncc1.[Y].[Y]. The third kappa shape index (κ3) is 23.2. The van der Waals surface area contributed by atoms with Crippen LogP contribution in [0.15, 0.2) is 122 Å². The standard InChI is InChI=1S/2C6H7N.2C6H6N.2CH4.2Y/c4*1-6-2-4-7-5-3-6;;;;/h2*2-5H,1H3;2*2-5H,1H2;2*1H4;;/q;;2*-1;;;;. The molecule has 0 bridgehead atoms. The van der Waals surface area contributed by atoms with E-state index in [1.807, 2.05) is 62.4 Å². The summed E-state index contributed by atoms with van der Waals surface area (Å²) in [6.45, 7) is 11.4.